The number of hydrogen-bond acceptors (Lipinski definition) is 3. The molecule has 1 aliphatic rings. The summed E-state index contributed by atoms with van der Waals surface area (Å²) in [5.74, 6) is 1.01. The quantitative estimate of drug-likeness (QED) is 0.864. The fraction of sp³-hybridized carbons (Fsp3) is 0.667. The van der Waals surface area contributed by atoms with Crippen molar-refractivity contribution in [2.24, 2.45) is 0 Å². The Labute approximate surface area is 129 Å². The highest BCUT2D eigenvalue weighted by molar-refractivity contribution is 5.38. The lowest BCUT2D eigenvalue weighted by Gasteiger charge is -2.28. The van der Waals surface area contributed by atoms with Gasteiger partial charge in [0.2, 0.25) is 0 Å². The van der Waals surface area contributed by atoms with Crippen molar-refractivity contribution in [2.45, 2.75) is 64.7 Å². The lowest BCUT2D eigenvalue weighted by molar-refractivity contribution is 0.187. The molecule has 21 heavy (non-hydrogen) atoms. The molecule has 3 unspecified atom stereocenters. The predicted octanol–water partition coefficient (Wildman–Crippen LogP) is 3.74. The first-order valence-corrected chi connectivity index (χ1v) is 8.20. The first-order chi connectivity index (χ1) is 10.1. The van der Waals surface area contributed by atoms with Crippen LogP contribution in [0.15, 0.2) is 18.2 Å². The molecule has 1 aliphatic heterocycles. The maximum atomic E-state index is 5.58. The molecule has 2 rings (SSSR count). The SMILES string of the molecule is CCC1CCC(C)N1Cc1cc(C(C)NC)ccc1OC. The van der Waals surface area contributed by atoms with E-state index in [4.69, 9.17) is 4.74 Å². The Hall–Kier alpha value is -1.06. The molecule has 1 saturated heterocycles. The van der Waals surface area contributed by atoms with Gasteiger partial charge in [-0.1, -0.05) is 13.0 Å². The van der Waals surface area contributed by atoms with Crippen LogP contribution < -0.4 is 10.1 Å². The average molecular weight is 290 g/mol. The molecule has 0 spiro atoms. The first kappa shape index (κ1) is 16.3. The topological polar surface area (TPSA) is 24.5 Å². The Kier molecular flexibility index (Phi) is 5.65. The Bertz CT molecular complexity index is 461. The smallest absolute Gasteiger partial charge is 0.123 e. The second-order valence-corrected chi connectivity index (χ2v) is 6.24. The number of hydrogen-bond donors (Lipinski definition) is 1. The van der Waals surface area contributed by atoms with E-state index in [9.17, 15) is 0 Å². The van der Waals surface area contributed by atoms with Crippen LogP contribution in [0.4, 0.5) is 0 Å². The van der Waals surface area contributed by atoms with Crippen LogP contribution in [0.1, 0.15) is 57.2 Å². The summed E-state index contributed by atoms with van der Waals surface area (Å²) in [6.45, 7) is 7.83. The van der Waals surface area contributed by atoms with Crippen molar-refractivity contribution in [3.8, 4) is 5.75 Å². The molecule has 3 heteroatoms. The zero-order valence-electron chi connectivity index (χ0n) is 14.1. The minimum atomic E-state index is 0.368. The summed E-state index contributed by atoms with van der Waals surface area (Å²) in [6.07, 6.45) is 3.87. The Morgan fingerprint density at radius 1 is 1.38 bits per heavy atom. The highest BCUT2D eigenvalue weighted by atomic mass is 16.5. The zero-order chi connectivity index (χ0) is 15.4. The van der Waals surface area contributed by atoms with Crippen molar-refractivity contribution < 1.29 is 4.74 Å². The van der Waals surface area contributed by atoms with Crippen LogP contribution in [0.5, 0.6) is 5.75 Å². The molecular formula is C18H30N2O. The number of likely N-dealkylation sites (tertiary alicyclic amines) is 1. The third kappa shape index (κ3) is 3.58. The molecule has 1 fully saturated rings. The van der Waals surface area contributed by atoms with Crippen molar-refractivity contribution in [3.63, 3.8) is 0 Å². The van der Waals surface area contributed by atoms with E-state index in [1.807, 2.05) is 7.05 Å². The van der Waals surface area contributed by atoms with Gasteiger partial charge in [0.05, 0.1) is 7.11 Å². The van der Waals surface area contributed by atoms with Crippen LogP contribution in [-0.4, -0.2) is 31.1 Å². The second kappa shape index (κ2) is 7.28. The summed E-state index contributed by atoms with van der Waals surface area (Å²) in [7, 11) is 3.77. The average Bonchev–Trinajstić information content (AvgIpc) is 2.86. The van der Waals surface area contributed by atoms with Gasteiger partial charge in [0.15, 0.2) is 0 Å². The van der Waals surface area contributed by atoms with Crippen molar-refractivity contribution in [3.05, 3.63) is 29.3 Å². The van der Waals surface area contributed by atoms with Crippen LogP contribution in [0.3, 0.4) is 0 Å². The van der Waals surface area contributed by atoms with Gasteiger partial charge in [0.1, 0.15) is 5.75 Å². The van der Waals surface area contributed by atoms with E-state index in [-0.39, 0.29) is 0 Å². The van der Waals surface area contributed by atoms with Crippen molar-refractivity contribution in [2.75, 3.05) is 14.2 Å². The molecule has 1 aromatic carbocycles. The van der Waals surface area contributed by atoms with E-state index in [0.717, 1.165) is 18.3 Å². The molecule has 0 aromatic heterocycles. The number of ether oxygens (including phenoxy) is 1. The normalized spacial score (nSPS) is 24.2. The fourth-order valence-electron chi connectivity index (χ4n) is 3.40. The summed E-state index contributed by atoms with van der Waals surface area (Å²) >= 11 is 0. The van der Waals surface area contributed by atoms with E-state index in [1.54, 1.807) is 7.11 Å². The van der Waals surface area contributed by atoms with Gasteiger partial charge in [-0.2, -0.15) is 0 Å². The third-order valence-corrected chi connectivity index (χ3v) is 5.01. The summed E-state index contributed by atoms with van der Waals surface area (Å²) in [5, 5.41) is 3.31. The summed E-state index contributed by atoms with van der Waals surface area (Å²) in [6, 6.07) is 8.33. The van der Waals surface area contributed by atoms with Gasteiger partial charge in [-0.15, -0.1) is 0 Å². The largest absolute Gasteiger partial charge is 0.496 e. The maximum absolute atomic E-state index is 5.58. The summed E-state index contributed by atoms with van der Waals surface area (Å²) in [5.41, 5.74) is 2.64. The van der Waals surface area contributed by atoms with Crippen LogP contribution in [0.2, 0.25) is 0 Å². The number of nitrogens with zero attached hydrogens (tertiary/aromatic N) is 1. The third-order valence-electron chi connectivity index (χ3n) is 5.01. The zero-order valence-corrected chi connectivity index (χ0v) is 14.1. The number of nitrogens with one attached hydrogen (secondary N) is 1. The molecule has 0 bridgehead atoms. The lowest BCUT2D eigenvalue weighted by atomic mass is 10.0. The molecule has 0 saturated carbocycles. The Morgan fingerprint density at radius 3 is 2.76 bits per heavy atom. The van der Waals surface area contributed by atoms with E-state index in [2.05, 4.69) is 49.2 Å². The molecule has 3 nitrogen and oxygen atoms in total. The summed E-state index contributed by atoms with van der Waals surface area (Å²) < 4.78 is 5.58. The van der Waals surface area contributed by atoms with E-state index in [1.165, 1.54) is 30.4 Å². The minimum Gasteiger partial charge on any atom is -0.496 e. The summed E-state index contributed by atoms with van der Waals surface area (Å²) in [4.78, 5) is 2.64. The van der Waals surface area contributed by atoms with Crippen LogP contribution in [0.25, 0.3) is 0 Å². The predicted molar refractivity (Wildman–Crippen MR) is 88.8 cm³/mol. The van der Waals surface area contributed by atoms with E-state index < -0.39 is 0 Å². The molecule has 0 aliphatic carbocycles. The number of benzene rings is 1. The van der Waals surface area contributed by atoms with Crippen LogP contribution >= 0.6 is 0 Å². The van der Waals surface area contributed by atoms with Crippen molar-refractivity contribution in [1.29, 1.82) is 0 Å². The van der Waals surface area contributed by atoms with Crippen molar-refractivity contribution >= 4 is 0 Å². The molecule has 1 heterocycles. The Balaban J connectivity index is 2.24. The van der Waals surface area contributed by atoms with Gasteiger partial charge in [-0.25, -0.2) is 0 Å². The number of methoxy groups -OCH3 is 1. The van der Waals surface area contributed by atoms with E-state index in [0.29, 0.717) is 12.1 Å². The molecule has 0 radical (unpaired) electrons. The van der Waals surface area contributed by atoms with Gasteiger partial charge in [-0.05, 0) is 57.9 Å². The molecule has 1 aromatic rings. The first-order valence-electron chi connectivity index (χ1n) is 8.20. The highest BCUT2D eigenvalue weighted by Gasteiger charge is 2.29. The fourth-order valence-corrected chi connectivity index (χ4v) is 3.40. The molecule has 1 N–H and O–H groups in total. The van der Waals surface area contributed by atoms with Crippen molar-refractivity contribution in [1.82, 2.24) is 10.2 Å². The molecule has 118 valence electrons. The molecule has 0 amide bonds. The van der Waals surface area contributed by atoms with E-state index >= 15 is 0 Å². The monoisotopic (exact) mass is 290 g/mol. The highest BCUT2D eigenvalue weighted by Crippen LogP contribution is 2.31. The standard InChI is InChI=1S/C18H30N2O/c1-6-17-9-7-13(2)20(17)12-16-11-15(14(3)19-4)8-10-18(16)21-5/h8,10-11,13-14,17,19H,6-7,9,12H2,1-5H3. The second-order valence-electron chi connectivity index (χ2n) is 6.24. The minimum absolute atomic E-state index is 0.368. The maximum Gasteiger partial charge on any atom is 0.123 e. The molecule has 3 atom stereocenters. The molecular weight excluding hydrogens is 260 g/mol. The lowest BCUT2D eigenvalue weighted by Crippen LogP contribution is -2.33. The van der Waals surface area contributed by atoms with Crippen LogP contribution in [-0.2, 0) is 6.54 Å². The Morgan fingerprint density at radius 2 is 2.14 bits per heavy atom. The van der Waals surface area contributed by atoms with Gasteiger partial charge in [0, 0.05) is 30.2 Å². The number of rotatable bonds is 6. The van der Waals surface area contributed by atoms with Gasteiger partial charge in [0.25, 0.3) is 0 Å². The van der Waals surface area contributed by atoms with Gasteiger partial charge >= 0.3 is 0 Å². The van der Waals surface area contributed by atoms with Gasteiger partial charge < -0.3 is 10.1 Å². The van der Waals surface area contributed by atoms with Gasteiger partial charge in [-0.3, -0.25) is 4.90 Å². The van der Waals surface area contributed by atoms with Crippen LogP contribution in [0, 0.1) is 0 Å².